The number of hydrogen-bond donors (Lipinski definition) is 3. The minimum atomic E-state index is -0.830. The largest absolute Gasteiger partial charge is 0.497 e. The predicted molar refractivity (Wildman–Crippen MR) is 105 cm³/mol. The molecule has 0 fully saturated rings. The number of urea groups is 1. The van der Waals surface area contributed by atoms with Gasteiger partial charge in [-0.05, 0) is 17.7 Å². The Labute approximate surface area is 164 Å². The van der Waals surface area contributed by atoms with Crippen LogP contribution in [0.3, 0.4) is 0 Å². The standard InChI is InChI=1S/C20H26N2O6/c1-25-17-6-4-14(5-7-17)12-28-13-16(23)11-21-20(24)22-15-8-18(26-2)10-19(9-15)27-3/h4-10,16,23H,11-13H2,1-3H3,(H2,21,22,24). The molecule has 0 spiro atoms. The molecule has 152 valence electrons. The van der Waals surface area contributed by atoms with E-state index in [0.717, 1.165) is 11.3 Å². The van der Waals surface area contributed by atoms with Crippen LogP contribution in [0.4, 0.5) is 10.5 Å². The van der Waals surface area contributed by atoms with Crippen LogP contribution in [-0.4, -0.2) is 51.7 Å². The van der Waals surface area contributed by atoms with Gasteiger partial charge < -0.3 is 34.7 Å². The molecule has 0 bridgehead atoms. The van der Waals surface area contributed by atoms with Crippen LogP contribution >= 0.6 is 0 Å². The number of aliphatic hydroxyl groups is 1. The molecule has 0 saturated heterocycles. The van der Waals surface area contributed by atoms with E-state index in [0.29, 0.717) is 23.8 Å². The number of carbonyl (C=O) groups excluding carboxylic acids is 1. The predicted octanol–water partition coefficient (Wildman–Crippen LogP) is 2.41. The summed E-state index contributed by atoms with van der Waals surface area (Å²) in [5.41, 5.74) is 1.48. The minimum Gasteiger partial charge on any atom is -0.497 e. The molecule has 0 heterocycles. The molecule has 2 rings (SSSR count). The molecule has 3 N–H and O–H groups in total. The van der Waals surface area contributed by atoms with E-state index in [1.54, 1.807) is 25.3 Å². The molecule has 0 aliphatic carbocycles. The summed E-state index contributed by atoms with van der Waals surface area (Å²) in [6.45, 7) is 0.506. The summed E-state index contributed by atoms with van der Waals surface area (Å²) >= 11 is 0. The average Bonchev–Trinajstić information content (AvgIpc) is 2.72. The number of ether oxygens (including phenoxy) is 4. The van der Waals surface area contributed by atoms with Gasteiger partial charge in [0, 0.05) is 30.4 Å². The fraction of sp³-hybridized carbons (Fsp3) is 0.350. The molecule has 1 atom stereocenters. The van der Waals surface area contributed by atoms with E-state index in [2.05, 4.69) is 10.6 Å². The Morgan fingerprint density at radius 2 is 1.57 bits per heavy atom. The molecule has 0 radical (unpaired) electrons. The highest BCUT2D eigenvalue weighted by molar-refractivity contribution is 5.89. The number of anilines is 1. The van der Waals surface area contributed by atoms with E-state index in [1.165, 1.54) is 14.2 Å². The topological polar surface area (TPSA) is 98.3 Å². The van der Waals surface area contributed by atoms with Gasteiger partial charge >= 0.3 is 6.03 Å². The van der Waals surface area contributed by atoms with Gasteiger partial charge in [0.1, 0.15) is 17.2 Å². The Hall–Kier alpha value is -2.97. The first kappa shape index (κ1) is 21.3. The zero-order valence-corrected chi connectivity index (χ0v) is 16.2. The first-order valence-electron chi connectivity index (χ1n) is 8.70. The van der Waals surface area contributed by atoms with Gasteiger partial charge in [0.25, 0.3) is 0 Å². The molecule has 0 saturated carbocycles. The van der Waals surface area contributed by atoms with Crippen molar-refractivity contribution in [2.45, 2.75) is 12.7 Å². The number of benzene rings is 2. The maximum atomic E-state index is 12.0. The van der Waals surface area contributed by atoms with Gasteiger partial charge in [-0.1, -0.05) is 12.1 Å². The van der Waals surface area contributed by atoms with Gasteiger partial charge in [0.2, 0.25) is 0 Å². The minimum absolute atomic E-state index is 0.0511. The van der Waals surface area contributed by atoms with Gasteiger partial charge in [0.15, 0.2) is 0 Å². The van der Waals surface area contributed by atoms with E-state index in [4.69, 9.17) is 18.9 Å². The van der Waals surface area contributed by atoms with E-state index in [-0.39, 0.29) is 13.2 Å². The number of aliphatic hydroxyl groups excluding tert-OH is 1. The maximum Gasteiger partial charge on any atom is 0.319 e. The van der Waals surface area contributed by atoms with Crippen molar-refractivity contribution in [2.75, 3.05) is 39.8 Å². The maximum absolute atomic E-state index is 12.0. The lowest BCUT2D eigenvalue weighted by molar-refractivity contribution is 0.0302. The smallest absolute Gasteiger partial charge is 0.319 e. The summed E-state index contributed by atoms with van der Waals surface area (Å²) in [6, 6.07) is 12.0. The second kappa shape index (κ2) is 11.0. The molecule has 0 aliphatic heterocycles. The van der Waals surface area contributed by atoms with Crippen LogP contribution in [0.15, 0.2) is 42.5 Å². The van der Waals surface area contributed by atoms with E-state index >= 15 is 0 Å². The molecule has 2 aromatic carbocycles. The highest BCUT2D eigenvalue weighted by Crippen LogP contribution is 2.25. The summed E-state index contributed by atoms with van der Waals surface area (Å²) in [4.78, 5) is 12.0. The second-order valence-electron chi connectivity index (χ2n) is 5.95. The van der Waals surface area contributed by atoms with Crippen LogP contribution in [0, 0.1) is 0 Å². The Kier molecular flexibility index (Phi) is 8.38. The van der Waals surface area contributed by atoms with Crippen LogP contribution in [0.5, 0.6) is 17.2 Å². The van der Waals surface area contributed by atoms with Crippen molar-refractivity contribution in [3.05, 3.63) is 48.0 Å². The zero-order chi connectivity index (χ0) is 20.4. The first-order valence-corrected chi connectivity index (χ1v) is 8.70. The molecule has 0 aliphatic rings. The highest BCUT2D eigenvalue weighted by atomic mass is 16.5. The number of nitrogens with one attached hydrogen (secondary N) is 2. The number of hydrogen-bond acceptors (Lipinski definition) is 6. The lowest BCUT2D eigenvalue weighted by Crippen LogP contribution is -2.37. The van der Waals surface area contributed by atoms with Gasteiger partial charge in [-0.3, -0.25) is 0 Å². The Morgan fingerprint density at radius 1 is 0.964 bits per heavy atom. The summed E-state index contributed by atoms with van der Waals surface area (Å²) in [5.74, 6) is 1.89. The van der Waals surface area contributed by atoms with Crippen LogP contribution in [0.2, 0.25) is 0 Å². The number of rotatable bonds is 10. The number of methoxy groups -OCH3 is 3. The van der Waals surface area contributed by atoms with Crippen molar-refractivity contribution < 1.29 is 28.8 Å². The third kappa shape index (κ3) is 6.98. The Balaban J connectivity index is 1.71. The first-order chi connectivity index (χ1) is 13.5. The third-order valence-electron chi connectivity index (χ3n) is 3.85. The van der Waals surface area contributed by atoms with Gasteiger partial charge in [-0.2, -0.15) is 0 Å². The van der Waals surface area contributed by atoms with Crippen LogP contribution < -0.4 is 24.8 Å². The third-order valence-corrected chi connectivity index (χ3v) is 3.85. The van der Waals surface area contributed by atoms with Crippen LogP contribution in [0.1, 0.15) is 5.56 Å². The second-order valence-corrected chi connectivity index (χ2v) is 5.95. The Bertz CT molecular complexity index is 729. The summed E-state index contributed by atoms with van der Waals surface area (Å²) in [5, 5.41) is 15.2. The summed E-state index contributed by atoms with van der Waals surface area (Å²) in [6.07, 6.45) is -0.830. The van der Waals surface area contributed by atoms with Crippen molar-refractivity contribution in [1.29, 1.82) is 0 Å². The van der Waals surface area contributed by atoms with Crippen molar-refractivity contribution >= 4 is 11.7 Å². The van der Waals surface area contributed by atoms with Gasteiger partial charge in [-0.15, -0.1) is 0 Å². The fourth-order valence-corrected chi connectivity index (χ4v) is 2.36. The lowest BCUT2D eigenvalue weighted by atomic mass is 10.2. The van der Waals surface area contributed by atoms with Crippen molar-refractivity contribution in [2.24, 2.45) is 0 Å². The lowest BCUT2D eigenvalue weighted by Gasteiger charge is -2.14. The molecule has 28 heavy (non-hydrogen) atoms. The van der Waals surface area contributed by atoms with Crippen molar-refractivity contribution in [3.63, 3.8) is 0 Å². The number of amides is 2. The average molecular weight is 390 g/mol. The van der Waals surface area contributed by atoms with Crippen LogP contribution in [0.25, 0.3) is 0 Å². The molecule has 2 amide bonds. The highest BCUT2D eigenvalue weighted by Gasteiger charge is 2.09. The molecule has 8 heteroatoms. The van der Waals surface area contributed by atoms with Crippen LogP contribution in [-0.2, 0) is 11.3 Å². The van der Waals surface area contributed by atoms with Gasteiger partial charge in [-0.25, -0.2) is 4.79 Å². The molecule has 8 nitrogen and oxygen atoms in total. The van der Waals surface area contributed by atoms with Crippen molar-refractivity contribution in [3.8, 4) is 17.2 Å². The molecule has 0 aromatic heterocycles. The molecule has 1 unspecified atom stereocenters. The molecular weight excluding hydrogens is 364 g/mol. The molecular formula is C20H26N2O6. The fourth-order valence-electron chi connectivity index (χ4n) is 2.36. The summed E-state index contributed by atoms with van der Waals surface area (Å²) in [7, 11) is 4.66. The molecule has 2 aromatic rings. The van der Waals surface area contributed by atoms with E-state index < -0.39 is 12.1 Å². The normalized spacial score (nSPS) is 11.4. The van der Waals surface area contributed by atoms with E-state index in [1.807, 2.05) is 24.3 Å². The zero-order valence-electron chi connectivity index (χ0n) is 16.2. The SMILES string of the molecule is COc1ccc(COCC(O)CNC(=O)Nc2cc(OC)cc(OC)c2)cc1. The number of carbonyl (C=O) groups is 1. The monoisotopic (exact) mass is 390 g/mol. The quantitative estimate of drug-likeness (QED) is 0.576. The van der Waals surface area contributed by atoms with Gasteiger partial charge in [0.05, 0.1) is 40.6 Å². The Morgan fingerprint density at radius 3 is 2.14 bits per heavy atom. The van der Waals surface area contributed by atoms with E-state index in [9.17, 15) is 9.90 Å². The van der Waals surface area contributed by atoms with Crippen molar-refractivity contribution in [1.82, 2.24) is 5.32 Å². The summed E-state index contributed by atoms with van der Waals surface area (Å²) < 4.78 is 20.9.